The minimum Gasteiger partial charge on any atom is -0.357 e. The first-order valence-electron chi connectivity index (χ1n) is 11.1. The van der Waals surface area contributed by atoms with Gasteiger partial charge in [0.15, 0.2) is 5.78 Å². The number of fused-ring (bicyclic) bond motifs is 1. The lowest BCUT2D eigenvalue weighted by molar-refractivity contribution is -0.117. The van der Waals surface area contributed by atoms with Crippen LogP contribution in [0.1, 0.15) is 48.4 Å². The normalized spacial score (nSPS) is 20.2. The molecule has 1 N–H and O–H groups in total. The highest BCUT2D eigenvalue weighted by molar-refractivity contribution is 6.06. The summed E-state index contributed by atoms with van der Waals surface area (Å²) in [5.41, 5.74) is 6.52. The average molecular weight is 423 g/mol. The Hall–Kier alpha value is -3.66. The quantitative estimate of drug-likeness (QED) is 0.558. The van der Waals surface area contributed by atoms with Crippen molar-refractivity contribution in [2.24, 2.45) is 0 Å². The van der Waals surface area contributed by atoms with Crippen LogP contribution in [0.2, 0.25) is 0 Å². The maximum absolute atomic E-state index is 13.7. The van der Waals surface area contributed by atoms with E-state index in [-0.39, 0.29) is 17.6 Å². The SMILES string of the molecule is CC(=O)N1c2ccccc2NC2=C(C(=O)C[C@@H](c3ccccc3)C2)[C@H]1c1ccc(C)cc1. The van der Waals surface area contributed by atoms with Crippen molar-refractivity contribution in [2.75, 3.05) is 10.2 Å². The van der Waals surface area contributed by atoms with Crippen LogP contribution in [0.15, 0.2) is 90.1 Å². The van der Waals surface area contributed by atoms with Gasteiger partial charge in [0.2, 0.25) is 5.91 Å². The third kappa shape index (κ3) is 3.52. The van der Waals surface area contributed by atoms with Gasteiger partial charge in [0.25, 0.3) is 0 Å². The number of ketones is 1. The third-order valence-corrected chi connectivity index (χ3v) is 6.49. The fourth-order valence-electron chi connectivity index (χ4n) is 4.96. The second-order valence-corrected chi connectivity index (χ2v) is 8.68. The summed E-state index contributed by atoms with van der Waals surface area (Å²) in [7, 11) is 0. The summed E-state index contributed by atoms with van der Waals surface area (Å²) < 4.78 is 0. The number of benzene rings is 3. The van der Waals surface area contributed by atoms with E-state index in [4.69, 9.17) is 0 Å². The molecule has 5 rings (SSSR count). The van der Waals surface area contributed by atoms with Crippen LogP contribution in [0.3, 0.4) is 0 Å². The molecule has 32 heavy (non-hydrogen) atoms. The van der Waals surface area contributed by atoms with Crippen molar-refractivity contribution in [2.45, 2.75) is 38.6 Å². The molecule has 0 fully saturated rings. The number of nitrogens with one attached hydrogen (secondary N) is 1. The van der Waals surface area contributed by atoms with Crippen molar-refractivity contribution >= 4 is 23.1 Å². The van der Waals surface area contributed by atoms with Gasteiger partial charge in [0.05, 0.1) is 17.4 Å². The minimum absolute atomic E-state index is 0.0865. The van der Waals surface area contributed by atoms with Gasteiger partial charge in [0.1, 0.15) is 0 Å². The van der Waals surface area contributed by atoms with Crippen LogP contribution in [0, 0.1) is 6.92 Å². The van der Waals surface area contributed by atoms with E-state index in [1.54, 1.807) is 11.8 Å². The predicted molar refractivity (Wildman–Crippen MR) is 128 cm³/mol. The number of carbonyl (C=O) groups is 2. The van der Waals surface area contributed by atoms with Gasteiger partial charge in [-0.25, -0.2) is 0 Å². The number of Topliss-reactive ketones (excluding diaryl/α,β-unsaturated/α-hetero) is 1. The van der Waals surface area contributed by atoms with Gasteiger partial charge in [0, 0.05) is 24.6 Å². The van der Waals surface area contributed by atoms with Crippen molar-refractivity contribution in [3.8, 4) is 0 Å². The molecule has 0 aromatic heterocycles. The van der Waals surface area contributed by atoms with Crippen LogP contribution < -0.4 is 10.2 Å². The summed E-state index contributed by atoms with van der Waals surface area (Å²) in [6, 6.07) is 25.7. The van der Waals surface area contributed by atoms with Crippen molar-refractivity contribution in [3.05, 3.63) is 107 Å². The van der Waals surface area contributed by atoms with Gasteiger partial charge in [-0.3, -0.25) is 14.5 Å². The summed E-state index contributed by atoms with van der Waals surface area (Å²) in [5, 5.41) is 3.55. The fourth-order valence-corrected chi connectivity index (χ4v) is 4.96. The second-order valence-electron chi connectivity index (χ2n) is 8.68. The van der Waals surface area contributed by atoms with Crippen LogP contribution in [0.4, 0.5) is 11.4 Å². The summed E-state index contributed by atoms with van der Waals surface area (Å²) >= 11 is 0. The fraction of sp³-hybridized carbons (Fsp3) is 0.214. The zero-order valence-corrected chi connectivity index (χ0v) is 18.3. The molecular formula is C28H26N2O2. The minimum atomic E-state index is -0.455. The van der Waals surface area contributed by atoms with E-state index in [0.717, 1.165) is 34.6 Å². The van der Waals surface area contributed by atoms with Crippen molar-refractivity contribution < 1.29 is 9.59 Å². The number of allylic oxidation sites excluding steroid dienone is 1. The summed E-state index contributed by atoms with van der Waals surface area (Å²) in [6.45, 7) is 3.61. The number of aryl methyl sites for hydroxylation is 1. The Balaban J connectivity index is 1.71. The van der Waals surface area contributed by atoms with E-state index in [2.05, 4.69) is 17.4 Å². The number of hydrogen-bond acceptors (Lipinski definition) is 3. The predicted octanol–water partition coefficient (Wildman–Crippen LogP) is 5.92. The van der Waals surface area contributed by atoms with Crippen molar-refractivity contribution in [1.29, 1.82) is 0 Å². The maximum Gasteiger partial charge on any atom is 0.224 e. The van der Waals surface area contributed by atoms with Gasteiger partial charge in [-0.05, 0) is 42.5 Å². The van der Waals surface area contributed by atoms with E-state index in [1.807, 2.05) is 73.7 Å². The number of amides is 1. The lowest BCUT2D eigenvalue weighted by atomic mass is 9.78. The molecule has 1 amide bonds. The Labute approximate surface area is 188 Å². The molecule has 4 heteroatoms. The molecule has 160 valence electrons. The Kier molecular flexibility index (Phi) is 5.14. The second kappa shape index (κ2) is 8.12. The number of carbonyl (C=O) groups excluding carboxylic acids is 2. The van der Waals surface area contributed by atoms with E-state index < -0.39 is 6.04 Å². The van der Waals surface area contributed by atoms with Crippen LogP contribution in [0.5, 0.6) is 0 Å². The molecule has 0 unspecified atom stereocenters. The number of anilines is 2. The Bertz CT molecular complexity index is 1210. The van der Waals surface area contributed by atoms with Gasteiger partial charge < -0.3 is 5.32 Å². The number of rotatable bonds is 2. The zero-order chi connectivity index (χ0) is 22.2. The molecule has 0 bridgehead atoms. The monoisotopic (exact) mass is 422 g/mol. The van der Waals surface area contributed by atoms with Gasteiger partial charge >= 0.3 is 0 Å². The molecule has 1 aliphatic heterocycles. The summed E-state index contributed by atoms with van der Waals surface area (Å²) in [5.74, 6) is 0.124. The highest BCUT2D eigenvalue weighted by Gasteiger charge is 2.40. The van der Waals surface area contributed by atoms with Crippen LogP contribution in [-0.4, -0.2) is 11.7 Å². The summed E-state index contributed by atoms with van der Waals surface area (Å²) in [6.07, 6.45) is 1.17. The largest absolute Gasteiger partial charge is 0.357 e. The highest BCUT2D eigenvalue weighted by Crippen LogP contribution is 2.47. The first kappa shape index (κ1) is 20.3. The smallest absolute Gasteiger partial charge is 0.224 e. The molecule has 1 aliphatic carbocycles. The highest BCUT2D eigenvalue weighted by atomic mass is 16.2. The third-order valence-electron chi connectivity index (χ3n) is 6.49. The molecule has 2 aliphatic rings. The van der Waals surface area contributed by atoms with E-state index in [9.17, 15) is 9.59 Å². The van der Waals surface area contributed by atoms with Gasteiger partial charge in [-0.1, -0.05) is 72.3 Å². The van der Waals surface area contributed by atoms with Gasteiger partial charge in [-0.15, -0.1) is 0 Å². The molecule has 0 saturated heterocycles. The van der Waals surface area contributed by atoms with E-state index in [0.29, 0.717) is 12.0 Å². The first-order valence-corrected chi connectivity index (χ1v) is 11.1. The van der Waals surface area contributed by atoms with Crippen LogP contribution >= 0.6 is 0 Å². The Morgan fingerprint density at radius 1 is 0.875 bits per heavy atom. The Morgan fingerprint density at radius 2 is 1.56 bits per heavy atom. The topological polar surface area (TPSA) is 49.4 Å². The van der Waals surface area contributed by atoms with Crippen molar-refractivity contribution in [1.82, 2.24) is 0 Å². The Morgan fingerprint density at radius 3 is 2.28 bits per heavy atom. The number of hydrogen-bond donors (Lipinski definition) is 1. The average Bonchev–Trinajstić information content (AvgIpc) is 2.95. The molecule has 0 radical (unpaired) electrons. The first-order chi connectivity index (χ1) is 15.5. The molecule has 0 saturated carbocycles. The zero-order valence-electron chi connectivity index (χ0n) is 18.3. The number of para-hydroxylation sites is 2. The molecule has 0 spiro atoms. The molecule has 1 heterocycles. The van der Waals surface area contributed by atoms with Crippen LogP contribution in [0.25, 0.3) is 0 Å². The maximum atomic E-state index is 13.7. The van der Waals surface area contributed by atoms with Crippen LogP contribution in [-0.2, 0) is 9.59 Å². The lowest BCUT2D eigenvalue weighted by Crippen LogP contribution is -2.37. The molecular weight excluding hydrogens is 396 g/mol. The molecule has 2 atom stereocenters. The number of nitrogens with zero attached hydrogens (tertiary/aromatic N) is 1. The molecule has 3 aromatic rings. The lowest BCUT2D eigenvalue weighted by Gasteiger charge is -2.34. The van der Waals surface area contributed by atoms with E-state index in [1.165, 1.54) is 5.56 Å². The van der Waals surface area contributed by atoms with Crippen molar-refractivity contribution in [3.63, 3.8) is 0 Å². The standard InChI is InChI=1S/C28H26N2O2/c1-18-12-14-21(15-13-18)28-27-24(16-22(17-26(27)32)20-8-4-3-5-9-20)29-23-10-6-7-11-25(23)30(28)19(2)31/h3-15,22,28-29H,16-17H2,1-2H3/t22-,28+/m0/s1. The molecule has 3 aromatic carbocycles. The van der Waals surface area contributed by atoms with Gasteiger partial charge in [-0.2, -0.15) is 0 Å². The van der Waals surface area contributed by atoms with E-state index >= 15 is 0 Å². The molecule has 4 nitrogen and oxygen atoms in total. The summed E-state index contributed by atoms with van der Waals surface area (Å²) in [4.78, 5) is 28.5.